The second-order valence-electron chi connectivity index (χ2n) is 4.40. The summed E-state index contributed by atoms with van der Waals surface area (Å²) in [6.07, 6.45) is 0.792. The molecular formula is C13H19NO3S. The maximum Gasteiger partial charge on any atom is 0.307 e. The van der Waals surface area contributed by atoms with Crippen molar-refractivity contribution in [1.82, 2.24) is 5.32 Å². The molecule has 0 radical (unpaired) electrons. The van der Waals surface area contributed by atoms with E-state index < -0.39 is 17.8 Å². The van der Waals surface area contributed by atoms with Crippen molar-refractivity contribution in [2.75, 3.05) is 0 Å². The van der Waals surface area contributed by atoms with Gasteiger partial charge in [0.15, 0.2) is 0 Å². The van der Waals surface area contributed by atoms with Crippen LogP contribution in [-0.4, -0.2) is 17.0 Å². The minimum atomic E-state index is -0.943. The minimum absolute atomic E-state index is 0.0269. The molecule has 4 nitrogen and oxygen atoms in total. The third kappa shape index (κ3) is 3.57. The topological polar surface area (TPSA) is 66.4 Å². The van der Waals surface area contributed by atoms with E-state index in [0.717, 1.165) is 11.3 Å². The van der Waals surface area contributed by atoms with Gasteiger partial charge in [-0.3, -0.25) is 9.59 Å². The quantitative estimate of drug-likeness (QED) is 0.834. The van der Waals surface area contributed by atoms with Gasteiger partial charge in [0.05, 0.1) is 12.0 Å². The van der Waals surface area contributed by atoms with E-state index in [-0.39, 0.29) is 11.9 Å². The first kappa shape index (κ1) is 14.7. The maximum atomic E-state index is 12.0. The molecule has 0 spiro atoms. The Balaban J connectivity index is 2.65. The first-order chi connectivity index (χ1) is 8.47. The molecule has 5 heteroatoms. The molecule has 0 aromatic carbocycles. The Hall–Kier alpha value is -1.36. The molecule has 0 aliphatic carbocycles. The van der Waals surface area contributed by atoms with Crippen LogP contribution in [0.5, 0.6) is 0 Å². The number of amides is 1. The number of carbonyl (C=O) groups is 2. The highest BCUT2D eigenvalue weighted by Gasteiger charge is 2.27. The number of carboxylic acids is 1. The van der Waals surface area contributed by atoms with Gasteiger partial charge in [0.1, 0.15) is 0 Å². The smallest absolute Gasteiger partial charge is 0.307 e. The van der Waals surface area contributed by atoms with E-state index in [4.69, 9.17) is 5.11 Å². The number of hydrogen-bond donors (Lipinski definition) is 2. The van der Waals surface area contributed by atoms with Gasteiger partial charge >= 0.3 is 5.97 Å². The fourth-order valence-corrected chi connectivity index (χ4v) is 2.47. The summed E-state index contributed by atoms with van der Waals surface area (Å²) < 4.78 is 0. The molecule has 0 bridgehead atoms. The van der Waals surface area contributed by atoms with Gasteiger partial charge in [-0.15, -0.1) is 11.3 Å². The number of rotatable bonds is 6. The first-order valence-electron chi connectivity index (χ1n) is 6.04. The SMILES string of the molecule is CCC(NC(=O)C(C)C(C)C(=O)O)c1cccs1. The number of carboxylic acid groups (broad SMARTS) is 1. The minimum Gasteiger partial charge on any atom is -0.481 e. The number of carbonyl (C=O) groups excluding carboxylic acids is 1. The van der Waals surface area contributed by atoms with Crippen molar-refractivity contribution in [3.05, 3.63) is 22.4 Å². The lowest BCUT2D eigenvalue weighted by atomic mass is 9.95. The van der Waals surface area contributed by atoms with Crippen LogP contribution >= 0.6 is 11.3 Å². The predicted molar refractivity (Wildman–Crippen MR) is 71.5 cm³/mol. The van der Waals surface area contributed by atoms with E-state index in [1.165, 1.54) is 0 Å². The van der Waals surface area contributed by atoms with Crippen LogP contribution in [0.15, 0.2) is 17.5 Å². The zero-order valence-corrected chi connectivity index (χ0v) is 11.7. The number of aliphatic carboxylic acids is 1. The van der Waals surface area contributed by atoms with E-state index in [1.54, 1.807) is 25.2 Å². The van der Waals surface area contributed by atoms with Crippen LogP contribution in [-0.2, 0) is 9.59 Å². The third-order valence-corrected chi connectivity index (χ3v) is 4.15. The Morgan fingerprint density at radius 3 is 2.50 bits per heavy atom. The summed E-state index contributed by atoms with van der Waals surface area (Å²) in [5.74, 6) is -2.35. The summed E-state index contributed by atoms with van der Waals surface area (Å²) in [5, 5.41) is 13.8. The summed E-state index contributed by atoms with van der Waals surface area (Å²) in [6.45, 7) is 5.20. The highest BCUT2D eigenvalue weighted by atomic mass is 32.1. The Morgan fingerprint density at radius 2 is 2.06 bits per heavy atom. The predicted octanol–water partition coefficient (Wildman–Crippen LogP) is 2.67. The standard InChI is InChI=1S/C13H19NO3S/c1-4-10(11-6-5-7-18-11)14-12(15)8(2)9(3)13(16)17/h5-10H,4H2,1-3H3,(H,14,15)(H,16,17). The molecular weight excluding hydrogens is 250 g/mol. The number of nitrogens with one attached hydrogen (secondary N) is 1. The zero-order chi connectivity index (χ0) is 13.7. The van der Waals surface area contributed by atoms with Crippen LogP contribution in [0.1, 0.15) is 38.1 Å². The molecule has 1 aromatic heterocycles. The third-order valence-electron chi connectivity index (χ3n) is 3.16. The van der Waals surface area contributed by atoms with Crippen LogP contribution in [0.2, 0.25) is 0 Å². The Bertz CT molecular complexity index is 402. The van der Waals surface area contributed by atoms with Gasteiger partial charge in [-0.2, -0.15) is 0 Å². The van der Waals surface area contributed by atoms with Gasteiger partial charge in [0, 0.05) is 10.8 Å². The van der Waals surface area contributed by atoms with Crippen molar-refractivity contribution < 1.29 is 14.7 Å². The highest BCUT2D eigenvalue weighted by Crippen LogP contribution is 2.23. The second kappa shape index (κ2) is 6.54. The highest BCUT2D eigenvalue weighted by molar-refractivity contribution is 7.10. The molecule has 18 heavy (non-hydrogen) atoms. The molecule has 100 valence electrons. The van der Waals surface area contributed by atoms with Crippen molar-refractivity contribution in [2.45, 2.75) is 33.2 Å². The van der Waals surface area contributed by atoms with Crippen molar-refractivity contribution in [2.24, 2.45) is 11.8 Å². The maximum absolute atomic E-state index is 12.0. The number of hydrogen-bond acceptors (Lipinski definition) is 3. The van der Waals surface area contributed by atoms with Gasteiger partial charge in [0.25, 0.3) is 0 Å². The van der Waals surface area contributed by atoms with Crippen LogP contribution in [0, 0.1) is 11.8 Å². The summed E-state index contributed by atoms with van der Waals surface area (Å²) >= 11 is 1.59. The Morgan fingerprint density at radius 1 is 1.39 bits per heavy atom. The van der Waals surface area contributed by atoms with Crippen molar-refractivity contribution in [1.29, 1.82) is 0 Å². The monoisotopic (exact) mass is 269 g/mol. The van der Waals surface area contributed by atoms with Crippen LogP contribution in [0.3, 0.4) is 0 Å². The summed E-state index contributed by atoms with van der Waals surface area (Å²) in [7, 11) is 0. The van der Waals surface area contributed by atoms with E-state index in [1.807, 2.05) is 24.4 Å². The van der Waals surface area contributed by atoms with Crippen molar-refractivity contribution >= 4 is 23.2 Å². The molecule has 0 aliphatic heterocycles. The average molecular weight is 269 g/mol. The van der Waals surface area contributed by atoms with E-state index in [0.29, 0.717) is 0 Å². The molecule has 1 heterocycles. The van der Waals surface area contributed by atoms with Crippen LogP contribution < -0.4 is 5.32 Å². The van der Waals surface area contributed by atoms with E-state index in [9.17, 15) is 9.59 Å². The van der Waals surface area contributed by atoms with Gasteiger partial charge in [-0.25, -0.2) is 0 Å². The fraction of sp³-hybridized carbons (Fsp3) is 0.538. The second-order valence-corrected chi connectivity index (χ2v) is 5.38. The molecule has 3 atom stereocenters. The molecule has 3 unspecified atom stereocenters. The lowest BCUT2D eigenvalue weighted by Gasteiger charge is -2.20. The Labute approximate surface area is 111 Å². The average Bonchev–Trinajstić information content (AvgIpc) is 2.87. The number of thiophene rings is 1. The zero-order valence-electron chi connectivity index (χ0n) is 10.8. The molecule has 0 aliphatic rings. The van der Waals surface area contributed by atoms with Crippen LogP contribution in [0.25, 0.3) is 0 Å². The normalized spacial score (nSPS) is 15.7. The fourth-order valence-electron chi connectivity index (χ4n) is 1.61. The molecule has 0 fully saturated rings. The molecule has 0 saturated heterocycles. The molecule has 1 amide bonds. The Kier molecular flexibility index (Phi) is 5.34. The van der Waals surface area contributed by atoms with Crippen molar-refractivity contribution in [3.8, 4) is 0 Å². The van der Waals surface area contributed by atoms with Crippen molar-refractivity contribution in [3.63, 3.8) is 0 Å². The summed E-state index contributed by atoms with van der Waals surface area (Å²) in [6, 6.07) is 3.89. The van der Waals surface area contributed by atoms with Crippen LogP contribution in [0.4, 0.5) is 0 Å². The first-order valence-corrected chi connectivity index (χ1v) is 6.91. The van der Waals surface area contributed by atoms with Gasteiger partial charge in [-0.1, -0.05) is 26.8 Å². The largest absolute Gasteiger partial charge is 0.481 e. The lowest BCUT2D eigenvalue weighted by molar-refractivity contribution is -0.146. The molecule has 2 N–H and O–H groups in total. The summed E-state index contributed by atoms with van der Waals surface area (Å²) in [4.78, 5) is 23.9. The molecule has 0 saturated carbocycles. The summed E-state index contributed by atoms with van der Waals surface area (Å²) in [5.41, 5.74) is 0. The lowest BCUT2D eigenvalue weighted by Crippen LogP contribution is -2.37. The van der Waals surface area contributed by atoms with E-state index in [2.05, 4.69) is 5.32 Å². The van der Waals surface area contributed by atoms with E-state index >= 15 is 0 Å². The van der Waals surface area contributed by atoms with Gasteiger partial charge < -0.3 is 10.4 Å². The molecule has 1 aromatic rings. The van der Waals surface area contributed by atoms with Gasteiger partial charge in [0.2, 0.25) is 5.91 Å². The van der Waals surface area contributed by atoms with Gasteiger partial charge in [-0.05, 0) is 17.9 Å². The molecule has 1 rings (SSSR count).